The molecule has 0 aliphatic carbocycles. The highest BCUT2D eigenvalue weighted by molar-refractivity contribution is 6.01. The highest BCUT2D eigenvalue weighted by atomic mass is 19.1. The number of carbonyl (C=O) groups is 3. The normalized spacial score (nSPS) is 17.0. The van der Waals surface area contributed by atoms with Crippen LogP contribution < -0.4 is 10.2 Å². The monoisotopic (exact) mass is 444 g/mol. The Morgan fingerprint density at radius 3 is 2.28 bits per heavy atom. The molecule has 0 saturated carbocycles. The summed E-state index contributed by atoms with van der Waals surface area (Å²) in [5.41, 5.74) is 1.03. The van der Waals surface area contributed by atoms with Gasteiger partial charge in [0, 0.05) is 11.7 Å². The molecular weight excluding hydrogens is 418 g/mol. The summed E-state index contributed by atoms with van der Waals surface area (Å²) in [6, 6.07) is 9.28. The van der Waals surface area contributed by atoms with Crippen molar-refractivity contribution in [2.45, 2.75) is 52.3 Å². The van der Waals surface area contributed by atoms with Crippen LogP contribution in [-0.4, -0.2) is 36.0 Å². The summed E-state index contributed by atoms with van der Waals surface area (Å²) in [6.07, 6.45) is -0.416. The molecule has 2 amide bonds. The van der Waals surface area contributed by atoms with E-state index in [9.17, 15) is 23.2 Å². The number of hydrogen-bond acceptors (Lipinski definition) is 4. The van der Waals surface area contributed by atoms with E-state index in [1.165, 1.54) is 6.92 Å². The molecule has 6 nitrogen and oxygen atoms in total. The van der Waals surface area contributed by atoms with E-state index in [-0.39, 0.29) is 11.9 Å². The van der Waals surface area contributed by atoms with Crippen LogP contribution in [0.4, 0.5) is 14.5 Å². The predicted octanol–water partition coefficient (Wildman–Crippen LogP) is 3.63. The summed E-state index contributed by atoms with van der Waals surface area (Å²) < 4.78 is 33.2. The number of nitrogens with zero attached hydrogens (tertiary/aromatic N) is 1. The van der Waals surface area contributed by atoms with Crippen LogP contribution in [0.3, 0.4) is 0 Å². The summed E-state index contributed by atoms with van der Waals surface area (Å²) >= 11 is 0. The number of nitrogens with one attached hydrogen (secondary N) is 1. The Kier molecular flexibility index (Phi) is 6.91. The minimum atomic E-state index is -1.19. The second kappa shape index (κ2) is 9.46. The SMILES string of the molecule is CC(C)[C@H](NC(=O)c1c(F)cccc1F)C(=O)O[C@@H](C)C(=O)N1c2ccccc2C[C@H]1C. The number of esters is 1. The van der Waals surface area contributed by atoms with Crippen LogP contribution >= 0.6 is 0 Å². The zero-order chi connectivity index (χ0) is 23.6. The van der Waals surface area contributed by atoms with Gasteiger partial charge in [0.2, 0.25) is 0 Å². The maximum absolute atomic E-state index is 13.9. The summed E-state index contributed by atoms with van der Waals surface area (Å²) in [4.78, 5) is 39.9. The Hall–Kier alpha value is -3.29. The average Bonchev–Trinajstić information content (AvgIpc) is 3.06. The molecule has 3 rings (SSSR count). The molecule has 0 unspecified atom stereocenters. The molecule has 0 spiro atoms. The first-order valence-corrected chi connectivity index (χ1v) is 10.5. The second-order valence-electron chi connectivity index (χ2n) is 8.26. The Labute approximate surface area is 185 Å². The maximum atomic E-state index is 13.9. The lowest BCUT2D eigenvalue weighted by molar-refractivity contribution is -0.156. The maximum Gasteiger partial charge on any atom is 0.329 e. The number of para-hydroxylation sites is 1. The third-order valence-electron chi connectivity index (χ3n) is 5.48. The van der Waals surface area contributed by atoms with Crippen molar-refractivity contribution in [2.24, 2.45) is 5.92 Å². The van der Waals surface area contributed by atoms with Crippen LogP contribution in [0, 0.1) is 17.6 Å². The quantitative estimate of drug-likeness (QED) is 0.691. The molecule has 1 N–H and O–H groups in total. The molecule has 32 heavy (non-hydrogen) atoms. The van der Waals surface area contributed by atoms with Crippen LogP contribution in [0.25, 0.3) is 0 Å². The van der Waals surface area contributed by atoms with Gasteiger partial charge in [-0.15, -0.1) is 0 Å². The average molecular weight is 444 g/mol. The van der Waals surface area contributed by atoms with Gasteiger partial charge in [-0.05, 0) is 49.9 Å². The van der Waals surface area contributed by atoms with Crippen LogP contribution in [-0.2, 0) is 20.7 Å². The Balaban J connectivity index is 1.72. The molecule has 8 heteroatoms. The number of fused-ring (bicyclic) bond motifs is 1. The topological polar surface area (TPSA) is 75.7 Å². The lowest BCUT2D eigenvalue weighted by Gasteiger charge is -2.28. The molecule has 0 radical (unpaired) electrons. The largest absolute Gasteiger partial charge is 0.451 e. The highest BCUT2D eigenvalue weighted by Crippen LogP contribution is 2.32. The van der Waals surface area contributed by atoms with Crippen molar-refractivity contribution < 1.29 is 27.9 Å². The van der Waals surface area contributed by atoms with E-state index in [1.807, 2.05) is 31.2 Å². The van der Waals surface area contributed by atoms with Crippen LogP contribution in [0.2, 0.25) is 0 Å². The van der Waals surface area contributed by atoms with Gasteiger partial charge in [-0.25, -0.2) is 13.6 Å². The molecule has 1 aliphatic rings. The van der Waals surface area contributed by atoms with Gasteiger partial charge in [-0.3, -0.25) is 9.59 Å². The molecule has 170 valence electrons. The van der Waals surface area contributed by atoms with Gasteiger partial charge in [0.25, 0.3) is 11.8 Å². The minimum Gasteiger partial charge on any atom is -0.451 e. The van der Waals surface area contributed by atoms with Crippen molar-refractivity contribution in [3.63, 3.8) is 0 Å². The van der Waals surface area contributed by atoms with Crippen molar-refractivity contribution in [1.82, 2.24) is 5.32 Å². The lowest BCUT2D eigenvalue weighted by atomic mass is 10.0. The number of rotatable bonds is 6. The highest BCUT2D eigenvalue weighted by Gasteiger charge is 2.36. The number of carbonyl (C=O) groups excluding carboxylic acids is 3. The van der Waals surface area contributed by atoms with Gasteiger partial charge < -0.3 is 15.0 Å². The van der Waals surface area contributed by atoms with Crippen molar-refractivity contribution in [3.8, 4) is 0 Å². The molecule has 1 heterocycles. The molecule has 0 saturated heterocycles. The fourth-order valence-electron chi connectivity index (χ4n) is 3.82. The second-order valence-corrected chi connectivity index (χ2v) is 8.26. The number of amides is 2. The summed E-state index contributed by atoms with van der Waals surface area (Å²) in [6.45, 7) is 6.67. The third kappa shape index (κ3) is 4.64. The van der Waals surface area contributed by atoms with Crippen molar-refractivity contribution in [1.29, 1.82) is 0 Å². The molecular formula is C24H26F2N2O4. The van der Waals surface area contributed by atoms with Gasteiger partial charge in [0.15, 0.2) is 6.10 Å². The molecule has 3 atom stereocenters. The van der Waals surface area contributed by atoms with Gasteiger partial charge in [0.1, 0.15) is 23.2 Å². The van der Waals surface area contributed by atoms with Crippen LogP contribution in [0.1, 0.15) is 43.6 Å². The van der Waals surface area contributed by atoms with Gasteiger partial charge in [-0.1, -0.05) is 38.1 Å². The smallest absolute Gasteiger partial charge is 0.329 e. The molecule has 1 aliphatic heterocycles. The van der Waals surface area contributed by atoms with Gasteiger partial charge in [0.05, 0.1) is 0 Å². The molecule has 0 aromatic heterocycles. The van der Waals surface area contributed by atoms with Crippen molar-refractivity contribution in [3.05, 3.63) is 65.2 Å². The van der Waals surface area contributed by atoms with Crippen molar-refractivity contribution in [2.75, 3.05) is 4.90 Å². The Morgan fingerprint density at radius 2 is 1.66 bits per heavy atom. The number of hydrogen-bond donors (Lipinski definition) is 1. The third-order valence-corrected chi connectivity index (χ3v) is 5.48. The Bertz CT molecular complexity index is 1020. The lowest BCUT2D eigenvalue weighted by Crippen LogP contribution is -2.49. The fraction of sp³-hybridized carbons (Fsp3) is 0.375. The first kappa shape index (κ1) is 23.4. The number of benzene rings is 2. The summed E-state index contributed by atoms with van der Waals surface area (Å²) in [5, 5.41) is 2.33. The summed E-state index contributed by atoms with van der Waals surface area (Å²) in [7, 11) is 0. The minimum absolute atomic E-state index is 0.0920. The molecule has 0 fully saturated rings. The van der Waals surface area contributed by atoms with E-state index >= 15 is 0 Å². The summed E-state index contributed by atoms with van der Waals surface area (Å²) in [5.74, 6) is -4.84. The fourth-order valence-corrected chi connectivity index (χ4v) is 3.82. The van der Waals surface area contributed by atoms with Gasteiger partial charge >= 0.3 is 5.97 Å². The standard InChI is InChI=1S/C24H26F2N2O4/c1-13(2)21(27-22(29)20-17(25)9-7-10-18(20)26)24(31)32-15(4)23(30)28-14(3)12-16-8-5-6-11-19(16)28/h5-11,13-15,21H,12H2,1-4H3,(H,27,29)/t14-,15+,21+/m1/s1. The molecule has 0 bridgehead atoms. The number of ether oxygens (including phenoxy) is 1. The van der Waals surface area contributed by atoms with E-state index in [0.717, 1.165) is 29.4 Å². The zero-order valence-electron chi connectivity index (χ0n) is 18.4. The van der Waals surface area contributed by atoms with E-state index in [1.54, 1.807) is 18.7 Å². The first-order valence-electron chi connectivity index (χ1n) is 10.5. The van der Waals surface area contributed by atoms with Crippen molar-refractivity contribution >= 4 is 23.5 Å². The van der Waals surface area contributed by atoms with Crippen LogP contribution in [0.15, 0.2) is 42.5 Å². The zero-order valence-corrected chi connectivity index (χ0v) is 18.4. The van der Waals surface area contributed by atoms with E-state index < -0.39 is 47.1 Å². The van der Waals surface area contributed by atoms with E-state index in [4.69, 9.17) is 4.74 Å². The molecule has 2 aromatic carbocycles. The van der Waals surface area contributed by atoms with E-state index in [0.29, 0.717) is 6.42 Å². The first-order chi connectivity index (χ1) is 15.1. The number of anilines is 1. The van der Waals surface area contributed by atoms with Crippen LogP contribution in [0.5, 0.6) is 0 Å². The van der Waals surface area contributed by atoms with Gasteiger partial charge in [-0.2, -0.15) is 0 Å². The predicted molar refractivity (Wildman–Crippen MR) is 115 cm³/mol. The van der Waals surface area contributed by atoms with E-state index in [2.05, 4.69) is 5.32 Å². The molecule has 2 aromatic rings. The number of halogens is 2. The Morgan fingerprint density at radius 1 is 1.03 bits per heavy atom.